The molecule has 1 rings (SSSR count). The second-order valence-corrected chi connectivity index (χ2v) is 7.34. The predicted octanol–water partition coefficient (Wildman–Crippen LogP) is 3.70. The molecule has 0 radical (unpaired) electrons. The number of carbonyl (C=O) groups is 1. The van der Waals surface area contributed by atoms with Crippen LogP contribution in [0.1, 0.15) is 40.5 Å². The topological polar surface area (TPSA) is 38.8 Å². The first kappa shape index (κ1) is 16.5. The number of ether oxygens (including phenoxy) is 2. The van der Waals surface area contributed by atoms with Gasteiger partial charge in [0, 0.05) is 17.6 Å². The lowest BCUT2D eigenvalue weighted by Crippen LogP contribution is -2.48. The summed E-state index contributed by atoms with van der Waals surface area (Å²) in [4.78, 5) is 13.7. The van der Waals surface area contributed by atoms with Crippen LogP contribution >= 0.6 is 15.9 Å². The second-order valence-electron chi connectivity index (χ2n) is 6.22. The van der Waals surface area contributed by atoms with E-state index in [1.54, 1.807) is 4.90 Å². The Hall–Kier alpha value is -0.550. The van der Waals surface area contributed by atoms with Gasteiger partial charge in [0.2, 0.25) is 0 Å². The normalized spacial score (nSPS) is 19.1. The number of hydrogen-bond acceptors (Lipinski definition) is 3. The number of carbonyl (C=O) groups excluding carboxylic acids is 1. The van der Waals surface area contributed by atoms with Crippen LogP contribution in [0.2, 0.25) is 0 Å². The van der Waals surface area contributed by atoms with Gasteiger partial charge in [-0.15, -0.1) is 0 Å². The molecule has 0 spiro atoms. The van der Waals surface area contributed by atoms with Crippen molar-refractivity contribution >= 4 is 22.0 Å². The lowest BCUT2D eigenvalue weighted by atomic mass is 9.93. The van der Waals surface area contributed by atoms with Crippen LogP contribution in [0.4, 0.5) is 4.79 Å². The summed E-state index contributed by atoms with van der Waals surface area (Å²) in [6, 6.07) is 0. The molecule has 1 fully saturated rings. The third-order valence-electron chi connectivity index (χ3n) is 3.05. The number of piperidine rings is 1. The molecule has 1 amide bonds. The van der Waals surface area contributed by atoms with Crippen molar-refractivity contribution in [1.29, 1.82) is 0 Å². The average molecular weight is 334 g/mol. The third kappa shape index (κ3) is 5.95. The number of likely N-dealkylation sites (tertiary alicyclic amines) is 1. The Bertz CT molecular complexity index is 341. The fourth-order valence-electron chi connectivity index (χ4n) is 1.89. The van der Waals surface area contributed by atoms with Crippen LogP contribution in [-0.4, -0.2) is 41.9 Å². The fourth-order valence-corrected chi connectivity index (χ4v) is 2.00. The molecule has 0 unspecified atom stereocenters. The van der Waals surface area contributed by atoms with E-state index in [9.17, 15) is 4.79 Å². The van der Waals surface area contributed by atoms with Gasteiger partial charge in [-0.1, -0.05) is 22.5 Å². The second kappa shape index (κ2) is 6.27. The molecule has 1 aliphatic heterocycles. The molecule has 1 aliphatic rings. The van der Waals surface area contributed by atoms with Crippen LogP contribution in [0.15, 0.2) is 11.1 Å². The van der Waals surface area contributed by atoms with Crippen LogP contribution in [0.5, 0.6) is 0 Å². The Morgan fingerprint density at radius 1 is 1.37 bits per heavy atom. The average Bonchev–Trinajstić information content (AvgIpc) is 2.25. The maximum absolute atomic E-state index is 11.9. The molecule has 0 aromatic carbocycles. The van der Waals surface area contributed by atoms with E-state index in [2.05, 4.69) is 29.4 Å². The van der Waals surface area contributed by atoms with Crippen molar-refractivity contribution in [2.75, 3.05) is 19.7 Å². The number of halogens is 1. The Kier molecular flexibility index (Phi) is 5.44. The zero-order chi connectivity index (χ0) is 14.7. The van der Waals surface area contributed by atoms with Crippen LogP contribution in [0.3, 0.4) is 0 Å². The van der Waals surface area contributed by atoms with E-state index in [0.717, 1.165) is 17.3 Å². The molecule has 0 bridgehead atoms. The van der Waals surface area contributed by atoms with Gasteiger partial charge in [0.05, 0.1) is 12.2 Å². The molecule has 0 saturated carbocycles. The van der Waals surface area contributed by atoms with Gasteiger partial charge >= 0.3 is 6.09 Å². The highest BCUT2D eigenvalue weighted by molar-refractivity contribution is 9.11. The van der Waals surface area contributed by atoms with Gasteiger partial charge in [-0.25, -0.2) is 4.79 Å². The maximum Gasteiger partial charge on any atom is 0.410 e. The SMILES string of the molecule is C=C(Br)COC1(C)CCN(C(=O)OC(C)(C)C)CC1. The molecule has 1 saturated heterocycles. The number of rotatable bonds is 3. The van der Waals surface area contributed by atoms with E-state index in [-0.39, 0.29) is 11.7 Å². The van der Waals surface area contributed by atoms with E-state index >= 15 is 0 Å². The van der Waals surface area contributed by atoms with E-state index in [1.165, 1.54) is 0 Å². The number of hydrogen-bond donors (Lipinski definition) is 0. The third-order valence-corrected chi connectivity index (χ3v) is 3.28. The Morgan fingerprint density at radius 3 is 2.32 bits per heavy atom. The summed E-state index contributed by atoms with van der Waals surface area (Å²) in [7, 11) is 0. The molecule has 0 aliphatic carbocycles. The van der Waals surface area contributed by atoms with Crippen molar-refractivity contribution in [2.45, 2.75) is 51.7 Å². The molecule has 5 heteroatoms. The van der Waals surface area contributed by atoms with Gasteiger partial charge in [0.15, 0.2) is 0 Å². The lowest BCUT2D eigenvalue weighted by molar-refractivity contribution is -0.0624. The monoisotopic (exact) mass is 333 g/mol. The first-order valence-corrected chi connectivity index (χ1v) is 7.36. The summed E-state index contributed by atoms with van der Waals surface area (Å²) in [5.41, 5.74) is -0.628. The largest absolute Gasteiger partial charge is 0.444 e. The molecule has 0 aromatic rings. The van der Waals surface area contributed by atoms with Gasteiger partial charge < -0.3 is 14.4 Å². The zero-order valence-electron chi connectivity index (χ0n) is 12.3. The van der Waals surface area contributed by atoms with Crippen molar-refractivity contribution in [3.63, 3.8) is 0 Å². The molecule has 0 N–H and O–H groups in total. The van der Waals surface area contributed by atoms with Gasteiger partial charge in [0.25, 0.3) is 0 Å². The number of amides is 1. The standard InChI is InChI=1S/C14H24BrNO3/c1-11(15)10-18-14(5)6-8-16(9-7-14)12(17)19-13(2,3)4/h1,6-10H2,2-5H3. The van der Waals surface area contributed by atoms with Crippen LogP contribution in [-0.2, 0) is 9.47 Å². The summed E-state index contributed by atoms with van der Waals surface area (Å²) in [5.74, 6) is 0. The van der Waals surface area contributed by atoms with Crippen molar-refractivity contribution in [2.24, 2.45) is 0 Å². The van der Waals surface area contributed by atoms with Crippen molar-refractivity contribution < 1.29 is 14.3 Å². The van der Waals surface area contributed by atoms with Gasteiger partial charge in [0.1, 0.15) is 5.60 Å². The van der Waals surface area contributed by atoms with E-state index in [1.807, 2.05) is 20.8 Å². The van der Waals surface area contributed by atoms with Crippen molar-refractivity contribution in [1.82, 2.24) is 4.90 Å². The van der Waals surface area contributed by atoms with Gasteiger partial charge in [-0.05, 0) is 40.5 Å². The molecule has 0 aromatic heterocycles. The zero-order valence-corrected chi connectivity index (χ0v) is 13.9. The molecule has 4 nitrogen and oxygen atoms in total. The summed E-state index contributed by atoms with van der Waals surface area (Å²) in [6.45, 7) is 13.3. The van der Waals surface area contributed by atoms with E-state index in [0.29, 0.717) is 19.7 Å². The molecular weight excluding hydrogens is 310 g/mol. The summed E-state index contributed by atoms with van der Waals surface area (Å²) < 4.78 is 12.0. The maximum atomic E-state index is 11.9. The van der Waals surface area contributed by atoms with E-state index < -0.39 is 5.60 Å². The van der Waals surface area contributed by atoms with Gasteiger partial charge in [-0.2, -0.15) is 0 Å². The summed E-state index contributed by atoms with van der Waals surface area (Å²) in [5, 5.41) is 0. The first-order chi connectivity index (χ1) is 8.61. The highest BCUT2D eigenvalue weighted by atomic mass is 79.9. The van der Waals surface area contributed by atoms with E-state index in [4.69, 9.17) is 9.47 Å². The van der Waals surface area contributed by atoms with Crippen LogP contribution in [0, 0.1) is 0 Å². The highest BCUT2D eigenvalue weighted by Crippen LogP contribution is 2.27. The smallest absolute Gasteiger partial charge is 0.410 e. The first-order valence-electron chi connectivity index (χ1n) is 6.56. The summed E-state index contributed by atoms with van der Waals surface area (Å²) in [6.07, 6.45) is 1.39. The van der Waals surface area contributed by atoms with Crippen molar-refractivity contribution in [3.05, 3.63) is 11.1 Å². The molecule has 0 atom stereocenters. The molecular formula is C14H24BrNO3. The minimum atomic E-state index is -0.442. The van der Waals surface area contributed by atoms with Gasteiger partial charge in [-0.3, -0.25) is 0 Å². The van der Waals surface area contributed by atoms with Crippen LogP contribution < -0.4 is 0 Å². The van der Waals surface area contributed by atoms with Crippen LogP contribution in [0.25, 0.3) is 0 Å². The Balaban J connectivity index is 2.44. The Morgan fingerprint density at radius 2 is 1.89 bits per heavy atom. The minimum absolute atomic E-state index is 0.185. The highest BCUT2D eigenvalue weighted by Gasteiger charge is 2.34. The quantitative estimate of drug-likeness (QED) is 0.790. The lowest BCUT2D eigenvalue weighted by Gasteiger charge is -2.39. The molecule has 1 heterocycles. The minimum Gasteiger partial charge on any atom is -0.444 e. The van der Waals surface area contributed by atoms with Crippen molar-refractivity contribution in [3.8, 4) is 0 Å². The predicted molar refractivity (Wildman–Crippen MR) is 79.5 cm³/mol. The molecule has 19 heavy (non-hydrogen) atoms. The fraction of sp³-hybridized carbons (Fsp3) is 0.786. The number of nitrogens with zero attached hydrogens (tertiary/aromatic N) is 1. The Labute approximate surface area is 124 Å². The molecule has 110 valence electrons. The summed E-state index contributed by atoms with van der Waals surface area (Å²) >= 11 is 3.29.